The molecule has 1 aliphatic rings. The van der Waals surface area contributed by atoms with E-state index in [-0.39, 0.29) is 6.42 Å². The first-order chi connectivity index (χ1) is 10.7. The Morgan fingerprint density at radius 3 is 2.57 bits per heavy atom. The minimum Gasteiger partial charge on any atom is -0.497 e. The fraction of sp³-hybridized carbons (Fsp3) is 0.467. The second-order valence-electron chi connectivity index (χ2n) is 5.42. The van der Waals surface area contributed by atoms with Gasteiger partial charge in [0.05, 0.1) is 25.4 Å². The Hall–Kier alpha value is -2.25. The van der Waals surface area contributed by atoms with Gasteiger partial charge >= 0.3 is 12.1 Å². The van der Waals surface area contributed by atoms with Crippen LogP contribution in [0.15, 0.2) is 24.3 Å². The number of carboxylic acids is 1. The van der Waals surface area contributed by atoms with Crippen LogP contribution in [-0.2, 0) is 16.0 Å². The molecule has 126 valence electrons. The quantitative estimate of drug-likeness (QED) is 0.916. The van der Waals surface area contributed by atoms with E-state index in [0.29, 0.717) is 11.3 Å². The standard InChI is InChI=1S/C15H16F3NO4/c1-23-10-4-2-3-9(5-10)6-13(20)19-7-11(14(21)22)12(8-19)15(16,17)18/h2-5,11-12H,6-8H2,1H3,(H,21,22)/t11-,12-/m1/s1. The van der Waals surface area contributed by atoms with Crippen LogP contribution < -0.4 is 4.74 Å². The zero-order chi connectivity index (χ0) is 17.2. The predicted octanol–water partition coefficient (Wildman–Crippen LogP) is 1.96. The minimum absolute atomic E-state index is 0.103. The van der Waals surface area contributed by atoms with E-state index in [1.165, 1.54) is 7.11 Å². The first kappa shape index (κ1) is 17.1. The summed E-state index contributed by atoms with van der Waals surface area (Å²) in [5, 5.41) is 8.95. The van der Waals surface area contributed by atoms with Crippen molar-refractivity contribution in [2.45, 2.75) is 12.6 Å². The van der Waals surface area contributed by atoms with Gasteiger partial charge in [-0.15, -0.1) is 0 Å². The largest absolute Gasteiger partial charge is 0.497 e. The van der Waals surface area contributed by atoms with Gasteiger partial charge in [-0.05, 0) is 17.7 Å². The normalized spacial score (nSPS) is 21.3. The van der Waals surface area contributed by atoms with Gasteiger partial charge in [-0.2, -0.15) is 13.2 Å². The molecular weight excluding hydrogens is 315 g/mol. The van der Waals surface area contributed by atoms with Crippen molar-refractivity contribution in [1.82, 2.24) is 4.90 Å². The topological polar surface area (TPSA) is 66.8 Å². The molecule has 0 radical (unpaired) electrons. The van der Waals surface area contributed by atoms with E-state index in [1.807, 2.05) is 0 Å². The summed E-state index contributed by atoms with van der Waals surface area (Å²) in [5.41, 5.74) is 0.594. The maximum absolute atomic E-state index is 12.9. The first-order valence-corrected chi connectivity index (χ1v) is 6.92. The monoisotopic (exact) mass is 331 g/mol. The van der Waals surface area contributed by atoms with Gasteiger partial charge in [0, 0.05) is 13.1 Å². The van der Waals surface area contributed by atoms with Crippen LogP contribution in [0.1, 0.15) is 5.56 Å². The molecule has 5 nitrogen and oxygen atoms in total. The number of benzene rings is 1. The maximum atomic E-state index is 12.9. The second-order valence-corrected chi connectivity index (χ2v) is 5.42. The summed E-state index contributed by atoms with van der Waals surface area (Å²) in [6, 6.07) is 6.63. The number of ether oxygens (including phenoxy) is 1. The molecule has 2 rings (SSSR count). The highest BCUT2D eigenvalue weighted by Gasteiger charge is 2.53. The van der Waals surface area contributed by atoms with Gasteiger partial charge in [-0.3, -0.25) is 9.59 Å². The van der Waals surface area contributed by atoms with Gasteiger partial charge in [0.25, 0.3) is 0 Å². The van der Waals surface area contributed by atoms with E-state index in [0.717, 1.165) is 4.90 Å². The van der Waals surface area contributed by atoms with Crippen molar-refractivity contribution >= 4 is 11.9 Å². The Kier molecular flexibility index (Phi) is 4.82. The molecule has 1 aliphatic heterocycles. The van der Waals surface area contributed by atoms with Crippen molar-refractivity contribution in [2.24, 2.45) is 11.8 Å². The maximum Gasteiger partial charge on any atom is 0.394 e. The van der Waals surface area contributed by atoms with E-state index >= 15 is 0 Å². The van der Waals surface area contributed by atoms with E-state index in [9.17, 15) is 22.8 Å². The number of hydrogen-bond donors (Lipinski definition) is 1. The highest BCUT2D eigenvalue weighted by Crippen LogP contribution is 2.37. The average Bonchev–Trinajstić information content (AvgIpc) is 2.93. The number of carboxylic acid groups (broad SMARTS) is 1. The van der Waals surface area contributed by atoms with Crippen LogP contribution in [0.4, 0.5) is 13.2 Å². The lowest BCUT2D eigenvalue weighted by atomic mass is 9.96. The summed E-state index contributed by atoms with van der Waals surface area (Å²) in [6.45, 7) is -1.05. The third-order valence-electron chi connectivity index (χ3n) is 3.90. The van der Waals surface area contributed by atoms with Crippen molar-refractivity contribution in [2.75, 3.05) is 20.2 Å². The number of carbonyl (C=O) groups excluding carboxylic acids is 1. The highest BCUT2D eigenvalue weighted by molar-refractivity contribution is 5.81. The molecule has 2 atom stereocenters. The zero-order valence-electron chi connectivity index (χ0n) is 12.3. The Morgan fingerprint density at radius 2 is 2.04 bits per heavy atom. The van der Waals surface area contributed by atoms with E-state index in [4.69, 9.17) is 9.84 Å². The number of amides is 1. The van der Waals surface area contributed by atoms with Gasteiger partial charge in [0.2, 0.25) is 5.91 Å². The van der Waals surface area contributed by atoms with Crippen molar-refractivity contribution < 1.29 is 32.6 Å². The van der Waals surface area contributed by atoms with Crippen molar-refractivity contribution in [3.63, 3.8) is 0 Å². The number of methoxy groups -OCH3 is 1. The van der Waals surface area contributed by atoms with Crippen LogP contribution in [0, 0.1) is 11.8 Å². The molecule has 1 saturated heterocycles. The number of aliphatic carboxylic acids is 1. The van der Waals surface area contributed by atoms with E-state index in [2.05, 4.69) is 0 Å². The fourth-order valence-electron chi connectivity index (χ4n) is 2.66. The number of halogens is 3. The van der Waals surface area contributed by atoms with Gasteiger partial charge in [-0.1, -0.05) is 12.1 Å². The summed E-state index contributed by atoms with van der Waals surface area (Å²) in [7, 11) is 1.47. The van der Waals surface area contributed by atoms with Gasteiger partial charge < -0.3 is 14.7 Å². The van der Waals surface area contributed by atoms with Crippen LogP contribution in [0.2, 0.25) is 0 Å². The molecule has 0 saturated carbocycles. The number of carbonyl (C=O) groups is 2. The lowest BCUT2D eigenvalue weighted by Crippen LogP contribution is -2.34. The Bertz CT molecular complexity index is 603. The van der Waals surface area contributed by atoms with Gasteiger partial charge in [0.15, 0.2) is 0 Å². The predicted molar refractivity (Wildman–Crippen MR) is 73.9 cm³/mol. The minimum atomic E-state index is -4.64. The number of rotatable bonds is 4. The van der Waals surface area contributed by atoms with Crippen LogP contribution in [-0.4, -0.2) is 48.3 Å². The summed E-state index contributed by atoms with van der Waals surface area (Å²) < 4.78 is 43.8. The van der Waals surface area contributed by atoms with Crippen LogP contribution >= 0.6 is 0 Å². The van der Waals surface area contributed by atoms with Gasteiger partial charge in [-0.25, -0.2) is 0 Å². The lowest BCUT2D eigenvalue weighted by molar-refractivity contribution is -0.188. The number of alkyl halides is 3. The molecule has 0 unspecified atom stereocenters. The Morgan fingerprint density at radius 1 is 1.35 bits per heavy atom. The molecule has 1 aromatic rings. The summed E-state index contributed by atoms with van der Waals surface area (Å²) >= 11 is 0. The number of likely N-dealkylation sites (tertiary alicyclic amines) is 1. The van der Waals surface area contributed by atoms with Crippen molar-refractivity contribution in [3.05, 3.63) is 29.8 Å². The third-order valence-corrected chi connectivity index (χ3v) is 3.90. The third kappa shape index (κ3) is 3.94. The lowest BCUT2D eigenvalue weighted by Gasteiger charge is -2.18. The molecule has 23 heavy (non-hydrogen) atoms. The molecule has 0 bridgehead atoms. The second kappa shape index (κ2) is 6.47. The van der Waals surface area contributed by atoms with Crippen molar-refractivity contribution in [1.29, 1.82) is 0 Å². The fourth-order valence-corrected chi connectivity index (χ4v) is 2.66. The molecule has 0 aromatic heterocycles. The number of nitrogens with zero attached hydrogens (tertiary/aromatic N) is 1. The average molecular weight is 331 g/mol. The number of hydrogen-bond acceptors (Lipinski definition) is 3. The van der Waals surface area contributed by atoms with Crippen LogP contribution in [0.3, 0.4) is 0 Å². The van der Waals surface area contributed by atoms with Crippen molar-refractivity contribution in [3.8, 4) is 5.75 Å². The van der Waals surface area contributed by atoms with Gasteiger partial charge in [0.1, 0.15) is 5.75 Å². The Labute approximate surface area is 130 Å². The van der Waals surface area contributed by atoms with E-state index in [1.54, 1.807) is 24.3 Å². The van der Waals surface area contributed by atoms with E-state index < -0.39 is 43.0 Å². The first-order valence-electron chi connectivity index (χ1n) is 6.92. The smallest absolute Gasteiger partial charge is 0.394 e. The zero-order valence-corrected chi connectivity index (χ0v) is 12.3. The molecule has 1 amide bonds. The SMILES string of the molecule is COc1cccc(CC(=O)N2C[C@@H](C(F)(F)F)[C@H](C(=O)O)C2)c1. The Balaban J connectivity index is 2.09. The molecule has 1 heterocycles. The molecule has 1 fully saturated rings. The van der Waals surface area contributed by atoms with Crippen LogP contribution in [0.5, 0.6) is 5.75 Å². The molecule has 1 aromatic carbocycles. The molecule has 8 heteroatoms. The van der Waals surface area contributed by atoms with Crippen LogP contribution in [0.25, 0.3) is 0 Å². The molecule has 0 aliphatic carbocycles. The summed E-state index contributed by atoms with van der Waals surface area (Å²) in [5.74, 6) is -5.19. The molecule has 0 spiro atoms. The summed E-state index contributed by atoms with van der Waals surface area (Å²) in [6.07, 6.45) is -4.75. The summed E-state index contributed by atoms with van der Waals surface area (Å²) in [4.78, 5) is 24.2. The molecule has 1 N–H and O–H groups in total. The highest BCUT2D eigenvalue weighted by atomic mass is 19.4. The molecular formula is C15H16F3NO4.